The predicted molar refractivity (Wildman–Crippen MR) is 119 cm³/mol. The SMILES string of the molecule is CC(C)(C)OC(=O)N1CC[C@@H](O)[C@H]1NC(=O)Cc1cc(-c2ccc(C(F)(F)F)nc2)ncc1C(=O)O. The number of alkyl halides is 3. The van der Waals surface area contributed by atoms with Crippen LogP contribution in [-0.2, 0) is 22.1 Å². The minimum Gasteiger partial charge on any atom is -0.478 e. The molecule has 0 unspecified atom stereocenters. The number of carbonyl (C=O) groups is 3. The second kappa shape index (κ2) is 10.1. The summed E-state index contributed by atoms with van der Waals surface area (Å²) in [6.07, 6.45) is -5.82. The highest BCUT2D eigenvalue weighted by atomic mass is 19.4. The van der Waals surface area contributed by atoms with E-state index >= 15 is 0 Å². The first-order chi connectivity index (χ1) is 16.7. The van der Waals surface area contributed by atoms with Gasteiger partial charge in [0.05, 0.1) is 23.8 Å². The molecule has 36 heavy (non-hydrogen) atoms. The van der Waals surface area contributed by atoms with Gasteiger partial charge in [-0.05, 0) is 51.0 Å². The van der Waals surface area contributed by atoms with E-state index in [4.69, 9.17) is 4.74 Å². The number of aliphatic hydroxyl groups excluding tert-OH is 1. The molecule has 3 N–H and O–H groups in total. The summed E-state index contributed by atoms with van der Waals surface area (Å²) in [6, 6.07) is 3.17. The molecule has 0 aromatic carbocycles. The van der Waals surface area contributed by atoms with Gasteiger partial charge < -0.3 is 20.3 Å². The average Bonchev–Trinajstić information content (AvgIpc) is 3.12. The lowest BCUT2D eigenvalue weighted by Gasteiger charge is -2.30. The van der Waals surface area contributed by atoms with Crippen molar-refractivity contribution in [3.8, 4) is 11.3 Å². The number of halogens is 3. The Morgan fingerprint density at radius 2 is 1.86 bits per heavy atom. The highest BCUT2D eigenvalue weighted by molar-refractivity contribution is 5.92. The number of rotatable bonds is 5. The number of nitrogens with one attached hydrogen (secondary N) is 1. The van der Waals surface area contributed by atoms with E-state index in [1.54, 1.807) is 20.8 Å². The Morgan fingerprint density at radius 3 is 2.42 bits per heavy atom. The monoisotopic (exact) mass is 510 g/mol. The molecule has 2 atom stereocenters. The molecular weight excluding hydrogens is 485 g/mol. The number of carboxylic acids is 1. The minimum absolute atomic E-state index is 0.0289. The van der Waals surface area contributed by atoms with Crippen LogP contribution in [0, 0.1) is 0 Å². The normalized spacial score (nSPS) is 18.1. The van der Waals surface area contributed by atoms with Crippen molar-refractivity contribution in [3.05, 3.63) is 47.4 Å². The van der Waals surface area contributed by atoms with Gasteiger partial charge in [-0.15, -0.1) is 0 Å². The Morgan fingerprint density at radius 1 is 1.17 bits per heavy atom. The fraction of sp³-hybridized carbons (Fsp3) is 0.435. The van der Waals surface area contributed by atoms with Crippen LogP contribution in [0.1, 0.15) is 48.8 Å². The molecule has 3 heterocycles. The van der Waals surface area contributed by atoms with Crippen LogP contribution in [0.15, 0.2) is 30.6 Å². The van der Waals surface area contributed by atoms with Crippen molar-refractivity contribution in [2.45, 2.75) is 57.7 Å². The molecule has 1 saturated heterocycles. The number of carboxylic acid groups (broad SMARTS) is 1. The van der Waals surface area contributed by atoms with Gasteiger partial charge in [0.15, 0.2) is 0 Å². The van der Waals surface area contributed by atoms with Crippen molar-refractivity contribution < 1.29 is 42.5 Å². The number of aromatic nitrogens is 2. The second-order valence-corrected chi connectivity index (χ2v) is 9.18. The van der Waals surface area contributed by atoms with E-state index < -0.39 is 54.1 Å². The molecule has 0 saturated carbocycles. The van der Waals surface area contributed by atoms with E-state index in [-0.39, 0.29) is 35.3 Å². The highest BCUT2D eigenvalue weighted by Crippen LogP contribution is 2.29. The van der Waals surface area contributed by atoms with Crippen LogP contribution in [-0.4, -0.2) is 67.5 Å². The van der Waals surface area contributed by atoms with Gasteiger partial charge in [-0.2, -0.15) is 13.2 Å². The summed E-state index contributed by atoms with van der Waals surface area (Å²) in [6.45, 7) is 5.16. The van der Waals surface area contributed by atoms with E-state index in [2.05, 4.69) is 15.3 Å². The zero-order valence-electron chi connectivity index (χ0n) is 19.7. The number of ether oxygens (including phenoxy) is 1. The van der Waals surface area contributed by atoms with Crippen molar-refractivity contribution in [2.24, 2.45) is 0 Å². The maximum absolute atomic E-state index is 12.8. The molecular formula is C23H25F3N4O6. The van der Waals surface area contributed by atoms with E-state index in [0.717, 1.165) is 24.5 Å². The number of pyridine rings is 2. The fourth-order valence-corrected chi connectivity index (χ4v) is 3.57. The van der Waals surface area contributed by atoms with Crippen LogP contribution in [0.25, 0.3) is 11.3 Å². The van der Waals surface area contributed by atoms with Crippen LogP contribution in [0.2, 0.25) is 0 Å². The van der Waals surface area contributed by atoms with E-state index in [1.165, 1.54) is 11.0 Å². The van der Waals surface area contributed by atoms with Crippen molar-refractivity contribution in [2.75, 3.05) is 6.54 Å². The molecule has 13 heteroatoms. The lowest BCUT2D eigenvalue weighted by Crippen LogP contribution is -2.52. The second-order valence-electron chi connectivity index (χ2n) is 9.18. The van der Waals surface area contributed by atoms with Crippen LogP contribution in [0.3, 0.4) is 0 Å². The van der Waals surface area contributed by atoms with Gasteiger partial charge in [-0.3, -0.25) is 19.7 Å². The molecule has 10 nitrogen and oxygen atoms in total. The van der Waals surface area contributed by atoms with E-state index in [0.29, 0.717) is 0 Å². The zero-order chi connectivity index (χ0) is 26.8. The molecule has 2 aromatic heterocycles. The summed E-state index contributed by atoms with van der Waals surface area (Å²) in [4.78, 5) is 45.4. The Hall–Kier alpha value is -3.74. The molecule has 1 fully saturated rings. The Balaban J connectivity index is 1.81. The highest BCUT2D eigenvalue weighted by Gasteiger charge is 2.39. The number of hydrogen-bond donors (Lipinski definition) is 3. The molecule has 0 spiro atoms. The molecule has 2 aromatic rings. The maximum Gasteiger partial charge on any atom is 0.433 e. The van der Waals surface area contributed by atoms with Gasteiger partial charge in [-0.25, -0.2) is 9.59 Å². The van der Waals surface area contributed by atoms with Crippen molar-refractivity contribution in [1.82, 2.24) is 20.2 Å². The van der Waals surface area contributed by atoms with Crippen LogP contribution in [0.5, 0.6) is 0 Å². The molecule has 0 radical (unpaired) electrons. The van der Waals surface area contributed by atoms with Crippen LogP contribution < -0.4 is 5.32 Å². The van der Waals surface area contributed by atoms with Gasteiger partial charge in [0.2, 0.25) is 5.91 Å². The number of aliphatic hydroxyl groups is 1. The van der Waals surface area contributed by atoms with E-state index in [9.17, 15) is 37.8 Å². The first kappa shape index (κ1) is 26.9. The minimum atomic E-state index is -4.62. The number of carbonyl (C=O) groups excluding carboxylic acids is 2. The largest absolute Gasteiger partial charge is 0.478 e. The summed E-state index contributed by atoms with van der Waals surface area (Å²) in [7, 11) is 0. The summed E-state index contributed by atoms with van der Waals surface area (Å²) in [5, 5.41) is 22.3. The average molecular weight is 510 g/mol. The number of likely N-dealkylation sites (tertiary alicyclic amines) is 1. The number of amides is 2. The summed E-state index contributed by atoms with van der Waals surface area (Å²) >= 11 is 0. The van der Waals surface area contributed by atoms with Crippen molar-refractivity contribution >= 4 is 18.0 Å². The molecule has 2 amide bonds. The third-order valence-electron chi connectivity index (χ3n) is 5.22. The lowest BCUT2D eigenvalue weighted by molar-refractivity contribution is -0.141. The first-order valence-electron chi connectivity index (χ1n) is 10.9. The molecule has 1 aliphatic heterocycles. The van der Waals surface area contributed by atoms with Gasteiger partial charge in [-0.1, -0.05) is 0 Å². The zero-order valence-corrected chi connectivity index (χ0v) is 19.7. The van der Waals surface area contributed by atoms with Gasteiger partial charge in [0.25, 0.3) is 0 Å². The number of nitrogens with zero attached hydrogens (tertiary/aromatic N) is 3. The standard InChI is InChI=1S/C23H25F3N4O6/c1-22(2,3)36-21(35)30-7-6-16(31)19(30)29-18(32)9-13-8-15(27-11-14(13)20(33)34)12-4-5-17(28-10-12)23(24,25)26/h4-5,8,10-11,16,19,31H,6-7,9H2,1-3H3,(H,29,32)(H,33,34)/t16-,19+/m1/s1. The maximum atomic E-state index is 12.8. The summed E-state index contributed by atoms with van der Waals surface area (Å²) in [5.74, 6) is -2.06. The number of aromatic carboxylic acids is 1. The quantitative estimate of drug-likeness (QED) is 0.558. The Kier molecular flexibility index (Phi) is 7.53. The van der Waals surface area contributed by atoms with Gasteiger partial charge in [0, 0.05) is 24.5 Å². The molecule has 0 bridgehead atoms. The smallest absolute Gasteiger partial charge is 0.433 e. The third-order valence-corrected chi connectivity index (χ3v) is 5.22. The van der Waals surface area contributed by atoms with E-state index in [1.807, 2.05) is 0 Å². The lowest BCUT2D eigenvalue weighted by atomic mass is 10.0. The molecule has 1 aliphatic rings. The molecule has 3 rings (SSSR count). The Labute approximate surface area is 204 Å². The molecule has 194 valence electrons. The summed E-state index contributed by atoms with van der Waals surface area (Å²) in [5.41, 5.74) is -1.86. The first-order valence-corrected chi connectivity index (χ1v) is 10.9. The van der Waals surface area contributed by atoms with Gasteiger partial charge >= 0.3 is 18.2 Å². The third kappa shape index (κ3) is 6.47. The Bertz CT molecular complexity index is 1150. The van der Waals surface area contributed by atoms with Gasteiger partial charge in [0.1, 0.15) is 17.5 Å². The summed E-state index contributed by atoms with van der Waals surface area (Å²) < 4.78 is 43.7. The molecule has 0 aliphatic carbocycles. The topological polar surface area (TPSA) is 142 Å². The van der Waals surface area contributed by atoms with Crippen LogP contribution >= 0.6 is 0 Å². The fourth-order valence-electron chi connectivity index (χ4n) is 3.57. The number of hydrogen-bond acceptors (Lipinski definition) is 7. The predicted octanol–water partition coefficient (Wildman–Crippen LogP) is 2.85. The van der Waals surface area contributed by atoms with Crippen molar-refractivity contribution in [1.29, 1.82) is 0 Å². The van der Waals surface area contributed by atoms with Crippen LogP contribution in [0.4, 0.5) is 18.0 Å². The van der Waals surface area contributed by atoms with Crippen molar-refractivity contribution in [3.63, 3.8) is 0 Å².